The number of rotatable bonds is 20. The van der Waals surface area contributed by atoms with Gasteiger partial charge < -0.3 is 9.84 Å². The standard InChI is InChI=1S/C27H44O4/c1-2-3-4-5-6-7-8-9-10-11-12-13-14-15-19-22-26(28)31-23-25(27(29)30)24-20-17-16-18-21-24/h16-18,20-21,25H,2-15,19,22-23H2,1H3,(H,29,30). The third kappa shape index (κ3) is 14.7. The molecule has 176 valence electrons. The molecule has 0 fully saturated rings. The van der Waals surface area contributed by atoms with Crippen molar-refractivity contribution in [3.63, 3.8) is 0 Å². The summed E-state index contributed by atoms with van der Waals surface area (Å²) in [6, 6.07) is 8.93. The lowest BCUT2D eigenvalue weighted by Gasteiger charge is -2.13. The largest absolute Gasteiger partial charge is 0.481 e. The van der Waals surface area contributed by atoms with Crippen molar-refractivity contribution in [3.8, 4) is 0 Å². The van der Waals surface area contributed by atoms with Gasteiger partial charge in [0, 0.05) is 6.42 Å². The van der Waals surface area contributed by atoms with Gasteiger partial charge in [0.15, 0.2) is 0 Å². The molecule has 0 aliphatic heterocycles. The van der Waals surface area contributed by atoms with Gasteiger partial charge in [-0.2, -0.15) is 0 Å². The first kappa shape index (κ1) is 27.2. The van der Waals surface area contributed by atoms with Crippen molar-refractivity contribution in [2.75, 3.05) is 6.61 Å². The second-order valence-electron chi connectivity index (χ2n) is 8.68. The molecule has 0 saturated heterocycles. The Morgan fingerprint density at radius 2 is 1.19 bits per heavy atom. The van der Waals surface area contributed by atoms with Gasteiger partial charge in [0.05, 0.1) is 0 Å². The van der Waals surface area contributed by atoms with E-state index in [1.54, 1.807) is 24.3 Å². The Morgan fingerprint density at radius 1 is 0.742 bits per heavy atom. The van der Waals surface area contributed by atoms with Gasteiger partial charge >= 0.3 is 11.9 Å². The van der Waals surface area contributed by atoms with Crippen LogP contribution in [0.2, 0.25) is 0 Å². The number of hydrogen-bond acceptors (Lipinski definition) is 3. The van der Waals surface area contributed by atoms with E-state index in [0.717, 1.165) is 19.3 Å². The molecule has 1 atom stereocenters. The Kier molecular flexibility index (Phi) is 16.6. The van der Waals surface area contributed by atoms with Crippen LogP contribution in [0.1, 0.15) is 121 Å². The predicted molar refractivity (Wildman–Crippen MR) is 127 cm³/mol. The van der Waals surface area contributed by atoms with E-state index in [4.69, 9.17) is 4.74 Å². The average Bonchev–Trinajstić information content (AvgIpc) is 2.77. The van der Waals surface area contributed by atoms with E-state index in [0.29, 0.717) is 12.0 Å². The molecule has 0 bridgehead atoms. The Hall–Kier alpha value is -1.84. The highest BCUT2D eigenvalue weighted by Gasteiger charge is 2.21. The highest BCUT2D eigenvalue weighted by molar-refractivity contribution is 5.77. The van der Waals surface area contributed by atoms with Gasteiger partial charge in [-0.15, -0.1) is 0 Å². The summed E-state index contributed by atoms with van der Waals surface area (Å²) in [5.41, 5.74) is 0.662. The first-order valence-corrected chi connectivity index (χ1v) is 12.6. The summed E-state index contributed by atoms with van der Waals surface area (Å²) in [5.74, 6) is -2.06. The van der Waals surface area contributed by atoms with Crippen molar-refractivity contribution in [1.82, 2.24) is 0 Å². The molecule has 0 spiro atoms. The van der Waals surface area contributed by atoms with Crippen molar-refractivity contribution in [1.29, 1.82) is 0 Å². The fraction of sp³-hybridized carbons (Fsp3) is 0.704. The van der Waals surface area contributed by atoms with Crippen LogP contribution in [0, 0.1) is 0 Å². The van der Waals surface area contributed by atoms with Gasteiger partial charge in [-0.1, -0.05) is 127 Å². The van der Waals surface area contributed by atoms with Crippen molar-refractivity contribution in [2.24, 2.45) is 0 Å². The van der Waals surface area contributed by atoms with Crippen molar-refractivity contribution < 1.29 is 19.4 Å². The minimum atomic E-state index is -0.967. The fourth-order valence-corrected chi connectivity index (χ4v) is 3.88. The number of carbonyl (C=O) groups is 2. The molecule has 4 heteroatoms. The molecule has 1 N–H and O–H groups in total. The zero-order valence-corrected chi connectivity index (χ0v) is 19.7. The van der Waals surface area contributed by atoms with Crippen LogP contribution in [0.5, 0.6) is 0 Å². The van der Waals surface area contributed by atoms with E-state index in [2.05, 4.69) is 6.92 Å². The maximum Gasteiger partial charge on any atom is 0.314 e. The van der Waals surface area contributed by atoms with Gasteiger partial charge in [-0.25, -0.2) is 0 Å². The van der Waals surface area contributed by atoms with E-state index in [9.17, 15) is 14.7 Å². The number of carboxylic acids is 1. The molecular formula is C27H44O4. The molecule has 0 heterocycles. The first-order valence-electron chi connectivity index (χ1n) is 12.6. The highest BCUT2D eigenvalue weighted by Crippen LogP contribution is 2.17. The topological polar surface area (TPSA) is 63.6 Å². The van der Waals surface area contributed by atoms with Crippen LogP contribution in [-0.2, 0) is 14.3 Å². The third-order valence-electron chi connectivity index (χ3n) is 5.90. The minimum Gasteiger partial charge on any atom is -0.481 e. The van der Waals surface area contributed by atoms with Crippen LogP contribution < -0.4 is 0 Å². The molecule has 0 aliphatic carbocycles. The molecule has 4 nitrogen and oxygen atoms in total. The molecule has 1 unspecified atom stereocenters. The number of carboxylic acid groups (broad SMARTS) is 1. The second kappa shape index (κ2) is 18.9. The first-order chi connectivity index (χ1) is 15.1. The number of esters is 1. The summed E-state index contributed by atoms with van der Waals surface area (Å²) < 4.78 is 5.22. The zero-order chi connectivity index (χ0) is 22.6. The van der Waals surface area contributed by atoms with Crippen LogP contribution in [0.25, 0.3) is 0 Å². The average molecular weight is 433 g/mol. The van der Waals surface area contributed by atoms with Crippen LogP contribution in [-0.4, -0.2) is 23.7 Å². The number of ether oxygens (including phenoxy) is 1. The minimum absolute atomic E-state index is 0.100. The molecule has 1 aromatic carbocycles. The highest BCUT2D eigenvalue weighted by atomic mass is 16.5. The fourth-order valence-electron chi connectivity index (χ4n) is 3.88. The lowest BCUT2D eigenvalue weighted by molar-refractivity contribution is -0.148. The Labute approximate surface area is 189 Å². The van der Waals surface area contributed by atoms with E-state index in [1.165, 1.54) is 77.0 Å². The molecule has 0 aromatic heterocycles. The van der Waals surface area contributed by atoms with Gasteiger partial charge in [-0.3, -0.25) is 9.59 Å². The SMILES string of the molecule is CCCCCCCCCCCCCCCCCC(=O)OCC(C(=O)O)c1ccccc1. The van der Waals surface area contributed by atoms with Gasteiger partial charge in [0.2, 0.25) is 0 Å². The molecule has 31 heavy (non-hydrogen) atoms. The zero-order valence-electron chi connectivity index (χ0n) is 19.7. The van der Waals surface area contributed by atoms with Crippen molar-refractivity contribution in [2.45, 2.75) is 116 Å². The normalized spacial score (nSPS) is 11.9. The summed E-state index contributed by atoms with van der Waals surface area (Å²) >= 11 is 0. The lowest BCUT2D eigenvalue weighted by atomic mass is 10.0. The van der Waals surface area contributed by atoms with E-state index in [1.807, 2.05) is 6.07 Å². The third-order valence-corrected chi connectivity index (χ3v) is 5.90. The van der Waals surface area contributed by atoms with E-state index >= 15 is 0 Å². The molecule has 1 rings (SSSR count). The Bertz CT molecular complexity index is 570. The Morgan fingerprint density at radius 3 is 1.65 bits per heavy atom. The monoisotopic (exact) mass is 432 g/mol. The van der Waals surface area contributed by atoms with Crippen LogP contribution in [0.3, 0.4) is 0 Å². The van der Waals surface area contributed by atoms with Crippen LogP contribution in [0.4, 0.5) is 0 Å². The molecule has 0 amide bonds. The Balaban J connectivity index is 1.93. The van der Waals surface area contributed by atoms with E-state index in [-0.39, 0.29) is 12.6 Å². The second-order valence-corrected chi connectivity index (χ2v) is 8.68. The maximum absolute atomic E-state index is 11.9. The van der Waals surface area contributed by atoms with Gasteiger partial charge in [0.25, 0.3) is 0 Å². The molecule has 0 aliphatic rings. The maximum atomic E-state index is 11.9. The van der Waals surface area contributed by atoms with Crippen LogP contribution in [0.15, 0.2) is 30.3 Å². The summed E-state index contributed by atoms with van der Waals surface area (Å²) in [7, 11) is 0. The lowest BCUT2D eigenvalue weighted by Crippen LogP contribution is -2.20. The molecule has 0 radical (unpaired) electrons. The molecule has 0 saturated carbocycles. The molecular weight excluding hydrogens is 388 g/mol. The summed E-state index contributed by atoms with van der Waals surface area (Å²) in [4.78, 5) is 23.3. The number of unbranched alkanes of at least 4 members (excludes halogenated alkanes) is 14. The van der Waals surface area contributed by atoms with Crippen LogP contribution >= 0.6 is 0 Å². The van der Waals surface area contributed by atoms with Gasteiger partial charge in [0.1, 0.15) is 12.5 Å². The summed E-state index contributed by atoms with van der Waals surface area (Å²) in [6.45, 7) is 2.16. The summed E-state index contributed by atoms with van der Waals surface area (Å²) in [6.07, 6.45) is 19.7. The predicted octanol–water partition coefficient (Wildman–Crippen LogP) is 7.66. The van der Waals surface area contributed by atoms with Crippen molar-refractivity contribution in [3.05, 3.63) is 35.9 Å². The van der Waals surface area contributed by atoms with Crippen molar-refractivity contribution >= 4 is 11.9 Å². The number of aliphatic carboxylic acids is 1. The van der Waals surface area contributed by atoms with Gasteiger partial charge in [-0.05, 0) is 12.0 Å². The van der Waals surface area contributed by atoms with E-state index < -0.39 is 11.9 Å². The number of benzene rings is 1. The number of carbonyl (C=O) groups excluding carboxylic acids is 1. The quantitative estimate of drug-likeness (QED) is 0.170. The number of hydrogen-bond donors (Lipinski definition) is 1. The molecule has 1 aromatic rings. The smallest absolute Gasteiger partial charge is 0.314 e. The summed E-state index contributed by atoms with van der Waals surface area (Å²) in [5, 5.41) is 9.37.